The normalized spacial score (nSPS) is 22.6. The average Bonchev–Trinajstić information content (AvgIpc) is 2.68. The second-order valence-corrected chi connectivity index (χ2v) is 6.35. The minimum atomic E-state index is -0.235. The van der Waals surface area contributed by atoms with Crippen LogP contribution in [0.1, 0.15) is 39.5 Å². The number of anilines is 1. The number of nitrogens with one attached hydrogen (secondary N) is 2. The molecule has 1 unspecified atom stereocenters. The van der Waals surface area contributed by atoms with E-state index in [2.05, 4.69) is 29.1 Å². The monoisotopic (exact) mass is 261 g/mol. The van der Waals surface area contributed by atoms with Gasteiger partial charge in [0.25, 0.3) is 0 Å². The highest BCUT2D eigenvalue weighted by molar-refractivity contribution is 5.77. The van der Waals surface area contributed by atoms with E-state index in [0.29, 0.717) is 11.5 Å². The number of rotatable bonds is 2. The number of fused-ring (bicyclic) bond motifs is 1. The Morgan fingerprint density at radius 3 is 3.05 bits per heavy atom. The van der Waals surface area contributed by atoms with Crippen LogP contribution < -0.4 is 5.32 Å². The van der Waals surface area contributed by atoms with Gasteiger partial charge in [-0.3, -0.25) is 0 Å². The number of halogens is 1. The van der Waals surface area contributed by atoms with E-state index in [9.17, 15) is 4.39 Å². The molecule has 2 N–H and O–H groups in total. The predicted molar refractivity (Wildman–Crippen MR) is 75.7 cm³/mol. The molecule has 0 aliphatic heterocycles. The Bertz CT molecular complexity index is 588. The van der Waals surface area contributed by atoms with Gasteiger partial charge in [0.2, 0.25) is 5.95 Å². The van der Waals surface area contributed by atoms with Crippen LogP contribution in [0.25, 0.3) is 11.0 Å². The number of hydrogen-bond donors (Lipinski definition) is 2. The molecular weight excluding hydrogens is 241 g/mol. The summed E-state index contributed by atoms with van der Waals surface area (Å²) < 4.78 is 13.1. The first-order valence-corrected chi connectivity index (χ1v) is 6.94. The summed E-state index contributed by atoms with van der Waals surface area (Å²) in [6.45, 7) is 4.63. The Balaban J connectivity index is 1.77. The number of aromatic nitrogens is 2. The number of imidazole rings is 1. The first kappa shape index (κ1) is 12.5. The van der Waals surface area contributed by atoms with Crippen molar-refractivity contribution in [3.05, 3.63) is 24.0 Å². The van der Waals surface area contributed by atoms with Crippen LogP contribution in [-0.4, -0.2) is 16.0 Å². The molecule has 1 aromatic carbocycles. The van der Waals surface area contributed by atoms with Crippen molar-refractivity contribution in [2.24, 2.45) is 5.41 Å². The lowest BCUT2D eigenvalue weighted by molar-refractivity contribution is 0.229. The topological polar surface area (TPSA) is 40.7 Å². The molecule has 1 atom stereocenters. The maximum Gasteiger partial charge on any atom is 0.201 e. The van der Waals surface area contributed by atoms with Gasteiger partial charge in [-0.2, -0.15) is 0 Å². The molecule has 0 spiro atoms. The zero-order valence-electron chi connectivity index (χ0n) is 11.5. The van der Waals surface area contributed by atoms with Crippen molar-refractivity contribution in [2.45, 2.75) is 45.6 Å². The number of H-pyrrole nitrogens is 1. The van der Waals surface area contributed by atoms with E-state index in [1.807, 2.05) is 0 Å². The Morgan fingerprint density at radius 2 is 2.26 bits per heavy atom. The summed E-state index contributed by atoms with van der Waals surface area (Å²) in [6, 6.07) is 5.08. The molecule has 1 aromatic heterocycles. The first-order valence-electron chi connectivity index (χ1n) is 6.94. The van der Waals surface area contributed by atoms with Gasteiger partial charge in [0.1, 0.15) is 5.82 Å². The SMILES string of the molecule is CC1(C)CCCC(Nc2nc3ccc(F)cc3[nH]2)C1. The summed E-state index contributed by atoms with van der Waals surface area (Å²) in [5.74, 6) is 0.518. The molecule has 1 aliphatic carbocycles. The van der Waals surface area contributed by atoms with E-state index in [0.717, 1.165) is 23.4 Å². The van der Waals surface area contributed by atoms with Crippen LogP contribution in [0.5, 0.6) is 0 Å². The predicted octanol–water partition coefficient (Wildman–Crippen LogP) is 4.08. The second-order valence-electron chi connectivity index (χ2n) is 6.35. The van der Waals surface area contributed by atoms with Gasteiger partial charge in [-0.1, -0.05) is 20.3 Å². The maximum atomic E-state index is 13.1. The van der Waals surface area contributed by atoms with E-state index in [4.69, 9.17) is 0 Å². The largest absolute Gasteiger partial charge is 0.353 e. The Hall–Kier alpha value is -1.58. The molecule has 102 valence electrons. The van der Waals surface area contributed by atoms with Crippen LogP contribution >= 0.6 is 0 Å². The maximum absolute atomic E-state index is 13.1. The fourth-order valence-corrected chi connectivity index (χ4v) is 3.06. The Morgan fingerprint density at radius 1 is 1.42 bits per heavy atom. The highest BCUT2D eigenvalue weighted by Crippen LogP contribution is 2.36. The molecule has 0 radical (unpaired) electrons. The number of benzene rings is 1. The summed E-state index contributed by atoms with van der Waals surface area (Å²) in [7, 11) is 0. The van der Waals surface area contributed by atoms with Gasteiger partial charge in [0.15, 0.2) is 0 Å². The Kier molecular flexibility index (Phi) is 2.96. The van der Waals surface area contributed by atoms with Crippen molar-refractivity contribution in [2.75, 3.05) is 5.32 Å². The quantitative estimate of drug-likeness (QED) is 0.855. The van der Waals surface area contributed by atoms with E-state index >= 15 is 0 Å². The van der Waals surface area contributed by atoms with Gasteiger partial charge in [-0.05, 0) is 42.9 Å². The summed E-state index contributed by atoms with van der Waals surface area (Å²) in [5, 5.41) is 3.46. The zero-order valence-corrected chi connectivity index (χ0v) is 11.5. The minimum absolute atomic E-state index is 0.235. The molecule has 1 fully saturated rings. The van der Waals surface area contributed by atoms with Gasteiger partial charge in [0.05, 0.1) is 11.0 Å². The lowest BCUT2D eigenvalue weighted by Crippen LogP contribution is -2.32. The van der Waals surface area contributed by atoms with Crippen LogP contribution in [0.3, 0.4) is 0 Å². The second kappa shape index (κ2) is 4.51. The van der Waals surface area contributed by atoms with Crippen LogP contribution in [0.2, 0.25) is 0 Å². The third-order valence-corrected chi connectivity index (χ3v) is 3.99. The van der Waals surface area contributed by atoms with Crippen molar-refractivity contribution in [1.82, 2.24) is 9.97 Å². The number of hydrogen-bond acceptors (Lipinski definition) is 2. The van der Waals surface area contributed by atoms with Crippen molar-refractivity contribution in [3.63, 3.8) is 0 Å². The molecule has 0 bridgehead atoms. The number of aromatic amines is 1. The van der Waals surface area contributed by atoms with Gasteiger partial charge in [-0.15, -0.1) is 0 Å². The minimum Gasteiger partial charge on any atom is -0.353 e. The molecule has 19 heavy (non-hydrogen) atoms. The smallest absolute Gasteiger partial charge is 0.201 e. The van der Waals surface area contributed by atoms with Gasteiger partial charge < -0.3 is 10.3 Å². The highest BCUT2D eigenvalue weighted by atomic mass is 19.1. The fraction of sp³-hybridized carbons (Fsp3) is 0.533. The van der Waals surface area contributed by atoms with Crippen molar-refractivity contribution in [3.8, 4) is 0 Å². The van der Waals surface area contributed by atoms with Gasteiger partial charge in [0, 0.05) is 6.04 Å². The average molecular weight is 261 g/mol. The molecule has 3 rings (SSSR count). The molecule has 1 saturated carbocycles. The van der Waals surface area contributed by atoms with Crippen LogP contribution in [0.4, 0.5) is 10.3 Å². The zero-order chi connectivity index (χ0) is 13.5. The third-order valence-electron chi connectivity index (χ3n) is 3.99. The first-order chi connectivity index (χ1) is 9.02. The van der Waals surface area contributed by atoms with Gasteiger partial charge in [-0.25, -0.2) is 9.37 Å². The molecule has 1 heterocycles. The molecule has 1 aliphatic rings. The standard InChI is InChI=1S/C15H20FN3/c1-15(2)7-3-4-11(9-15)17-14-18-12-6-5-10(16)8-13(12)19-14/h5-6,8,11H,3-4,7,9H2,1-2H3,(H2,17,18,19). The lowest BCUT2D eigenvalue weighted by atomic mass is 9.75. The fourth-order valence-electron chi connectivity index (χ4n) is 3.06. The lowest BCUT2D eigenvalue weighted by Gasteiger charge is -2.35. The molecule has 4 heteroatoms. The summed E-state index contributed by atoms with van der Waals surface area (Å²) >= 11 is 0. The summed E-state index contributed by atoms with van der Waals surface area (Å²) in [6.07, 6.45) is 4.86. The molecule has 2 aromatic rings. The summed E-state index contributed by atoms with van der Waals surface area (Å²) in [4.78, 5) is 7.61. The van der Waals surface area contributed by atoms with Crippen molar-refractivity contribution < 1.29 is 4.39 Å². The van der Waals surface area contributed by atoms with Crippen LogP contribution in [0.15, 0.2) is 18.2 Å². The molecule has 0 amide bonds. The van der Waals surface area contributed by atoms with Crippen molar-refractivity contribution in [1.29, 1.82) is 0 Å². The van der Waals surface area contributed by atoms with Gasteiger partial charge >= 0.3 is 0 Å². The van der Waals surface area contributed by atoms with E-state index in [-0.39, 0.29) is 5.82 Å². The van der Waals surface area contributed by atoms with Crippen LogP contribution in [0, 0.1) is 11.2 Å². The van der Waals surface area contributed by atoms with Crippen LogP contribution in [-0.2, 0) is 0 Å². The highest BCUT2D eigenvalue weighted by Gasteiger charge is 2.28. The van der Waals surface area contributed by atoms with Crippen molar-refractivity contribution >= 4 is 17.0 Å². The Labute approximate surface area is 112 Å². The van der Waals surface area contributed by atoms with E-state index in [1.165, 1.54) is 31.4 Å². The number of nitrogens with zero attached hydrogens (tertiary/aromatic N) is 1. The molecule has 0 saturated heterocycles. The summed E-state index contributed by atoms with van der Waals surface area (Å²) in [5.41, 5.74) is 1.95. The molecular formula is C15H20FN3. The van der Waals surface area contributed by atoms with E-state index in [1.54, 1.807) is 6.07 Å². The molecule has 3 nitrogen and oxygen atoms in total. The third kappa shape index (κ3) is 2.72. The van der Waals surface area contributed by atoms with E-state index < -0.39 is 0 Å².